The molecule has 0 saturated carbocycles. The maximum absolute atomic E-state index is 12.8. The van der Waals surface area contributed by atoms with E-state index in [0.717, 1.165) is 25.2 Å². The third kappa shape index (κ3) is 2.34. The Kier molecular flexibility index (Phi) is 3.52. The van der Waals surface area contributed by atoms with Gasteiger partial charge in [0.15, 0.2) is 0 Å². The monoisotopic (exact) mass is 273 g/mol. The predicted molar refractivity (Wildman–Crippen MR) is 79.2 cm³/mol. The molecule has 0 aromatic heterocycles. The van der Waals surface area contributed by atoms with Crippen molar-refractivity contribution in [3.05, 3.63) is 35.9 Å². The summed E-state index contributed by atoms with van der Waals surface area (Å²) in [6, 6.07) is 10.2. The number of hydrogen-bond acceptors (Lipinski definition) is 3. The summed E-state index contributed by atoms with van der Waals surface area (Å²) in [5.74, 6) is 0.0512. The van der Waals surface area contributed by atoms with Crippen LogP contribution in [0.1, 0.15) is 25.3 Å². The van der Waals surface area contributed by atoms with Gasteiger partial charge in [-0.2, -0.15) is 0 Å². The molecule has 4 heteroatoms. The Morgan fingerprint density at radius 1 is 1.25 bits per heavy atom. The normalized spacial score (nSPS) is 26.1. The van der Waals surface area contributed by atoms with Crippen molar-refractivity contribution in [3.8, 4) is 0 Å². The highest BCUT2D eigenvalue weighted by atomic mass is 16.2. The predicted octanol–water partition coefficient (Wildman–Crippen LogP) is 1.17. The average molecular weight is 273 g/mol. The molecular formula is C16H23N3O. The van der Waals surface area contributed by atoms with Crippen LogP contribution in [0.4, 0.5) is 0 Å². The van der Waals surface area contributed by atoms with E-state index in [9.17, 15) is 4.79 Å². The molecule has 2 fully saturated rings. The van der Waals surface area contributed by atoms with E-state index in [-0.39, 0.29) is 5.91 Å². The van der Waals surface area contributed by atoms with Crippen LogP contribution in [0, 0.1) is 0 Å². The number of hydrogen-bond donors (Lipinski definition) is 1. The van der Waals surface area contributed by atoms with E-state index in [1.807, 2.05) is 42.2 Å². The van der Waals surface area contributed by atoms with E-state index in [1.165, 1.54) is 19.4 Å². The van der Waals surface area contributed by atoms with Crippen molar-refractivity contribution < 1.29 is 4.79 Å². The number of carbonyl (C=O) groups excluding carboxylic acids is 1. The van der Waals surface area contributed by atoms with E-state index in [4.69, 9.17) is 5.73 Å². The van der Waals surface area contributed by atoms with Crippen LogP contribution < -0.4 is 5.73 Å². The molecule has 1 amide bonds. The van der Waals surface area contributed by atoms with Crippen LogP contribution in [0.5, 0.6) is 0 Å². The minimum atomic E-state index is -0.929. The number of fused-ring (bicyclic) bond motifs is 1. The van der Waals surface area contributed by atoms with Gasteiger partial charge in [0.1, 0.15) is 5.54 Å². The Morgan fingerprint density at radius 3 is 2.75 bits per heavy atom. The standard InChI is InChI=1S/C16H23N3O/c1-16(17,13-6-3-2-4-7-13)15(20)19-11-10-18-9-5-8-14(18)12-19/h2-4,6-7,14H,5,8-12,17H2,1H3. The first-order valence-electron chi connectivity index (χ1n) is 7.47. The zero-order chi connectivity index (χ0) is 14.2. The first kappa shape index (κ1) is 13.6. The van der Waals surface area contributed by atoms with E-state index >= 15 is 0 Å². The molecule has 1 aromatic rings. The summed E-state index contributed by atoms with van der Waals surface area (Å²) >= 11 is 0. The molecule has 1 aromatic carbocycles. The van der Waals surface area contributed by atoms with E-state index in [1.54, 1.807) is 0 Å². The number of nitrogens with two attached hydrogens (primary N) is 1. The molecule has 20 heavy (non-hydrogen) atoms. The number of benzene rings is 1. The average Bonchev–Trinajstić information content (AvgIpc) is 2.94. The van der Waals surface area contributed by atoms with Crippen molar-refractivity contribution in [3.63, 3.8) is 0 Å². The summed E-state index contributed by atoms with van der Waals surface area (Å²) in [5, 5.41) is 0. The van der Waals surface area contributed by atoms with Crippen molar-refractivity contribution >= 4 is 5.91 Å². The maximum atomic E-state index is 12.8. The van der Waals surface area contributed by atoms with Crippen LogP contribution >= 0.6 is 0 Å². The van der Waals surface area contributed by atoms with Crippen molar-refractivity contribution in [1.82, 2.24) is 9.80 Å². The van der Waals surface area contributed by atoms with Crippen molar-refractivity contribution in [1.29, 1.82) is 0 Å². The molecule has 2 unspecified atom stereocenters. The molecule has 2 aliphatic rings. The lowest BCUT2D eigenvalue weighted by Gasteiger charge is -2.40. The van der Waals surface area contributed by atoms with Crippen molar-refractivity contribution in [2.45, 2.75) is 31.3 Å². The lowest BCUT2D eigenvalue weighted by atomic mass is 9.91. The summed E-state index contributed by atoms with van der Waals surface area (Å²) in [6.07, 6.45) is 2.46. The van der Waals surface area contributed by atoms with E-state index in [0.29, 0.717) is 6.04 Å². The molecule has 2 atom stereocenters. The molecular weight excluding hydrogens is 250 g/mol. The Balaban J connectivity index is 1.75. The van der Waals surface area contributed by atoms with Gasteiger partial charge in [-0.15, -0.1) is 0 Å². The number of carbonyl (C=O) groups is 1. The molecule has 4 nitrogen and oxygen atoms in total. The first-order chi connectivity index (χ1) is 9.59. The van der Waals surface area contributed by atoms with Crippen LogP contribution in [0.25, 0.3) is 0 Å². The number of piperazine rings is 1. The summed E-state index contributed by atoms with van der Waals surface area (Å²) in [7, 11) is 0. The van der Waals surface area contributed by atoms with Gasteiger partial charge in [-0.05, 0) is 31.9 Å². The van der Waals surface area contributed by atoms with Crippen molar-refractivity contribution in [2.75, 3.05) is 26.2 Å². The van der Waals surface area contributed by atoms with Crippen LogP contribution in [0.3, 0.4) is 0 Å². The van der Waals surface area contributed by atoms with Gasteiger partial charge in [0, 0.05) is 25.7 Å². The second-order valence-electron chi connectivity index (χ2n) is 6.15. The van der Waals surface area contributed by atoms with Gasteiger partial charge in [0.05, 0.1) is 0 Å². The molecule has 0 aliphatic carbocycles. The van der Waals surface area contributed by atoms with Crippen LogP contribution in [0.15, 0.2) is 30.3 Å². The molecule has 0 radical (unpaired) electrons. The summed E-state index contributed by atoms with van der Waals surface area (Å²) in [4.78, 5) is 17.2. The highest BCUT2D eigenvalue weighted by Crippen LogP contribution is 2.25. The smallest absolute Gasteiger partial charge is 0.247 e. The molecule has 108 valence electrons. The molecule has 3 rings (SSSR count). The Morgan fingerprint density at radius 2 is 2.00 bits per heavy atom. The Hall–Kier alpha value is -1.39. The van der Waals surface area contributed by atoms with Gasteiger partial charge in [-0.25, -0.2) is 0 Å². The Bertz CT molecular complexity index is 486. The molecule has 2 aliphatic heterocycles. The van der Waals surface area contributed by atoms with Crippen molar-refractivity contribution in [2.24, 2.45) is 5.73 Å². The highest BCUT2D eigenvalue weighted by molar-refractivity contribution is 5.87. The third-order valence-electron chi connectivity index (χ3n) is 4.69. The largest absolute Gasteiger partial charge is 0.338 e. The molecule has 0 bridgehead atoms. The number of nitrogens with zero attached hydrogens (tertiary/aromatic N) is 2. The fraction of sp³-hybridized carbons (Fsp3) is 0.562. The quantitative estimate of drug-likeness (QED) is 0.880. The fourth-order valence-electron chi connectivity index (χ4n) is 3.41. The van der Waals surface area contributed by atoms with Crippen LogP contribution in [-0.4, -0.2) is 47.9 Å². The first-order valence-corrected chi connectivity index (χ1v) is 7.47. The van der Waals surface area contributed by atoms with Crippen LogP contribution in [0.2, 0.25) is 0 Å². The Labute approximate surface area is 120 Å². The second-order valence-corrected chi connectivity index (χ2v) is 6.15. The maximum Gasteiger partial charge on any atom is 0.247 e. The van der Waals surface area contributed by atoms with Gasteiger partial charge in [-0.3, -0.25) is 9.69 Å². The lowest BCUT2D eigenvalue weighted by Crippen LogP contribution is -2.58. The van der Waals surface area contributed by atoms with E-state index in [2.05, 4.69) is 4.90 Å². The molecule has 2 N–H and O–H groups in total. The topological polar surface area (TPSA) is 49.6 Å². The fourth-order valence-corrected chi connectivity index (χ4v) is 3.41. The minimum Gasteiger partial charge on any atom is -0.338 e. The van der Waals surface area contributed by atoms with Gasteiger partial charge in [0.2, 0.25) is 5.91 Å². The zero-order valence-corrected chi connectivity index (χ0v) is 12.1. The van der Waals surface area contributed by atoms with Gasteiger partial charge in [-0.1, -0.05) is 30.3 Å². The third-order valence-corrected chi connectivity index (χ3v) is 4.69. The molecule has 0 spiro atoms. The van der Waals surface area contributed by atoms with Crippen LogP contribution in [-0.2, 0) is 10.3 Å². The van der Waals surface area contributed by atoms with Gasteiger partial charge >= 0.3 is 0 Å². The van der Waals surface area contributed by atoms with Gasteiger partial charge < -0.3 is 10.6 Å². The zero-order valence-electron chi connectivity index (χ0n) is 12.1. The minimum absolute atomic E-state index is 0.0512. The molecule has 2 heterocycles. The summed E-state index contributed by atoms with van der Waals surface area (Å²) in [5.41, 5.74) is 6.30. The second kappa shape index (κ2) is 5.19. The lowest BCUT2D eigenvalue weighted by molar-refractivity contribution is -0.139. The number of rotatable bonds is 2. The number of amides is 1. The molecule has 2 saturated heterocycles. The SMILES string of the molecule is CC(N)(C(=O)N1CCN2CCCC2C1)c1ccccc1. The summed E-state index contributed by atoms with van der Waals surface area (Å²) in [6.45, 7) is 5.63. The summed E-state index contributed by atoms with van der Waals surface area (Å²) < 4.78 is 0. The van der Waals surface area contributed by atoms with E-state index < -0.39 is 5.54 Å². The van der Waals surface area contributed by atoms with Gasteiger partial charge in [0.25, 0.3) is 0 Å². The highest BCUT2D eigenvalue weighted by Gasteiger charge is 2.39.